The van der Waals surface area contributed by atoms with Crippen molar-refractivity contribution in [1.82, 2.24) is 19.8 Å². The zero-order valence-corrected chi connectivity index (χ0v) is 14.4. The van der Waals surface area contributed by atoms with E-state index in [0.717, 1.165) is 14.9 Å². The van der Waals surface area contributed by atoms with E-state index in [0.29, 0.717) is 27.7 Å². The molecule has 3 rings (SSSR count). The molecule has 0 radical (unpaired) electrons. The number of tetrazole rings is 1. The van der Waals surface area contributed by atoms with Crippen LogP contribution in [0.3, 0.4) is 0 Å². The van der Waals surface area contributed by atoms with E-state index in [9.17, 15) is 4.79 Å². The average molecular weight is 356 g/mol. The maximum Gasteiger partial charge on any atom is 0.368 e. The highest BCUT2D eigenvalue weighted by Gasteiger charge is 2.15. The summed E-state index contributed by atoms with van der Waals surface area (Å²) in [5, 5.41) is 8.03. The lowest BCUT2D eigenvalue weighted by atomic mass is 10.1. The number of rotatable bonds is 4. The molecule has 0 unspecified atom stereocenters. The molecular weight excluding hydrogens is 342 g/mol. The Kier molecular flexibility index (Phi) is 4.55. The van der Waals surface area contributed by atoms with E-state index in [-0.39, 0.29) is 6.61 Å². The molecule has 0 amide bonds. The lowest BCUT2D eigenvalue weighted by molar-refractivity contribution is 0.306. The van der Waals surface area contributed by atoms with Crippen molar-refractivity contribution in [2.24, 2.45) is 7.05 Å². The van der Waals surface area contributed by atoms with Crippen LogP contribution in [0.25, 0.3) is 10.5 Å². The summed E-state index contributed by atoms with van der Waals surface area (Å²) in [6.45, 7) is 9.38. The van der Waals surface area contributed by atoms with Crippen molar-refractivity contribution >= 4 is 17.3 Å². The summed E-state index contributed by atoms with van der Waals surface area (Å²) in [6, 6.07) is 10.5. The molecule has 1 aromatic heterocycles. The Balaban J connectivity index is 2.03. The summed E-state index contributed by atoms with van der Waals surface area (Å²) in [5.41, 5.74) is 1.96. The highest BCUT2D eigenvalue weighted by Crippen LogP contribution is 2.30. The number of benzene rings is 2. The van der Waals surface area contributed by atoms with Crippen LogP contribution in [0, 0.1) is 13.5 Å². The van der Waals surface area contributed by atoms with Crippen LogP contribution in [0.2, 0.25) is 5.02 Å². The van der Waals surface area contributed by atoms with Gasteiger partial charge in [0.25, 0.3) is 0 Å². The molecule has 126 valence electrons. The van der Waals surface area contributed by atoms with Gasteiger partial charge in [-0.25, -0.2) is 9.64 Å². The van der Waals surface area contributed by atoms with Crippen LogP contribution >= 0.6 is 11.6 Å². The zero-order chi connectivity index (χ0) is 18.0. The third-order valence-corrected chi connectivity index (χ3v) is 3.97. The van der Waals surface area contributed by atoms with E-state index in [1.54, 1.807) is 24.3 Å². The molecule has 0 saturated heterocycles. The molecule has 0 spiro atoms. The molecule has 0 bridgehead atoms. The minimum atomic E-state index is -0.406. The SMILES string of the molecule is [C-]#[N+]c1cccc(-n2nnn(C)c2=O)c1COc1cc(C)ccc1Cl. The number of halogens is 1. The molecule has 0 atom stereocenters. The second-order valence-electron chi connectivity index (χ2n) is 5.41. The van der Waals surface area contributed by atoms with Gasteiger partial charge < -0.3 is 4.74 Å². The third-order valence-electron chi connectivity index (χ3n) is 3.66. The summed E-state index contributed by atoms with van der Waals surface area (Å²) >= 11 is 6.16. The first-order valence-corrected chi connectivity index (χ1v) is 7.76. The van der Waals surface area contributed by atoms with Crippen molar-refractivity contribution in [3.8, 4) is 11.4 Å². The molecule has 3 aromatic rings. The zero-order valence-electron chi connectivity index (χ0n) is 13.6. The van der Waals surface area contributed by atoms with Gasteiger partial charge in [0.15, 0.2) is 5.69 Å². The summed E-state index contributed by atoms with van der Waals surface area (Å²) in [6.07, 6.45) is 0. The molecule has 2 aromatic carbocycles. The minimum absolute atomic E-state index is 0.0695. The van der Waals surface area contributed by atoms with E-state index in [1.807, 2.05) is 19.1 Å². The predicted molar refractivity (Wildman–Crippen MR) is 93.4 cm³/mol. The smallest absolute Gasteiger partial charge is 0.368 e. The van der Waals surface area contributed by atoms with E-state index in [1.165, 1.54) is 7.05 Å². The molecule has 1 heterocycles. The van der Waals surface area contributed by atoms with Gasteiger partial charge in [-0.2, -0.15) is 9.36 Å². The molecule has 0 fully saturated rings. The Labute approximate surface area is 148 Å². The number of nitrogens with zero attached hydrogens (tertiary/aromatic N) is 5. The van der Waals surface area contributed by atoms with Gasteiger partial charge in [0, 0.05) is 12.6 Å². The predicted octanol–water partition coefficient (Wildman–Crippen LogP) is 3.06. The summed E-state index contributed by atoms with van der Waals surface area (Å²) < 4.78 is 8.07. The van der Waals surface area contributed by atoms with Crippen molar-refractivity contribution in [1.29, 1.82) is 0 Å². The standard InChI is InChI=1S/C17H14ClN5O2/c1-11-7-8-13(18)16(9-11)25-10-12-14(19-2)5-4-6-15(12)23-17(24)22(3)20-21-23/h4-9H,10H2,1,3H3. The molecule has 0 saturated carbocycles. The monoisotopic (exact) mass is 355 g/mol. The number of ether oxygens (including phenoxy) is 1. The Morgan fingerprint density at radius 1 is 1.28 bits per heavy atom. The van der Waals surface area contributed by atoms with Crippen LogP contribution in [0.1, 0.15) is 11.1 Å². The fourth-order valence-corrected chi connectivity index (χ4v) is 2.52. The number of hydrogen-bond acceptors (Lipinski definition) is 4. The second-order valence-corrected chi connectivity index (χ2v) is 5.81. The molecule has 0 N–H and O–H groups in total. The summed E-state index contributed by atoms with van der Waals surface area (Å²) in [7, 11) is 1.51. The number of aromatic nitrogens is 4. The highest BCUT2D eigenvalue weighted by molar-refractivity contribution is 6.32. The fourth-order valence-electron chi connectivity index (χ4n) is 2.35. The van der Waals surface area contributed by atoms with Crippen LogP contribution in [0.15, 0.2) is 41.2 Å². The van der Waals surface area contributed by atoms with Crippen LogP contribution in [-0.2, 0) is 13.7 Å². The van der Waals surface area contributed by atoms with E-state index < -0.39 is 5.69 Å². The molecule has 7 nitrogen and oxygen atoms in total. The molecule has 0 aliphatic carbocycles. The van der Waals surface area contributed by atoms with Crippen LogP contribution < -0.4 is 10.4 Å². The maximum absolute atomic E-state index is 12.2. The van der Waals surface area contributed by atoms with Gasteiger partial charge in [0.2, 0.25) is 0 Å². The van der Waals surface area contributed by atoms with Crippen molar-refractivity contribution in [2.45, 2.75) is 13.5 Å². The number of hydrogen-bond donors (Lipinski definition) is 0. The first kappa shape index (κ1) is 16.7. The fraction of sp³-hybridized carbons (Fsp3) is 0.176. The largest absolute Gasteiger partial charge is 0.489 e. The Hall–Kier alpha value is -3.11. The molecule has 25 heavy (non-hydrogen) atoms. The van der Waals surface area contributed by atoms with Crippen LogP contribution in [0.4, 0.5) is 5.69 Å². The second kappa shape index (κ2) is 6.79. The first-order chi connectivity index (χ1) is 12.0. The van der Waals surface area contributed by atoms with Gasteiger partial charge in [0.05, 0.1) is 17.3 Å². The van der Waals surface area contributed by atoms with Gasteiger partial charge >= 0.3 is 5.69 Å². The van der Waals surface area contributed by atoms with Crippen LogP contribution in [0.5, 0.6) is 5.75 Å². The quantitative estimate of drug-likeness (QED) is 0.675. The lowest BCUT2D eigenvalue weighted by Crippen LogP contribution is -2.23. The van der Waals surface area contributed by atoms with Gasteiger partial charge in [0.1, 0.15) is 12.4 Å². The highest BCUT2D eigenvalue weighted by atomic mass is 35.5. The van der Waals surface area contributed by atoms with E-state index in [2.05, 4.69) is 15.3 Å². The van der Waals surface area contributed by atoms with E-state index >= 15 is 0 Å². The summed E-state index contributed by atoms with van der Waals surface area (Å²) in [4.78, 5) is 15.7. The minimum Gasteiger partial charge on any atom is -0.489 e. The molecule has 0 aliphatic heterocycles. The molecule has 0 aliphatic rings. The Morgan fingerprint density at radius 2 is 2.08 bits per heavy atom. The first-order valence-electron chi connectivity index (χ1n) is 7.39. The van der Waals surface area contributed by atoms with Gasteiger partial charge in [-0.3, -0.25) is 0 Å². The van der Waals surface area contributed by atoms with E-state index in [4.69, 9.17) is 22.9 Å². The normalized spacial score (nSPS) is 10.5. The lowest BCUT2D eigenvalue weighted by Gasteiger charge is -2.13. The van der Waals surface area contributed by atoms with Gasteiger partial charge in [-0.05, 0) is 41.1 Å². The molecular formula is C17H14ClN5O2. The van der Waals surface area contributed by atoms with Gasteiger partial charge in [-0.15, -0.1) is 0 Å². The average Bonchev–Trinajstić information content (AvgIpc) is 2.94. The van der Waals surface area contributed by atoms with Crippen molar-refractivity contribution in [3.63, 3.8) is 0 Å². The number of aryl methyl sites for hydroxylation is 2. The van der Waals surface area contributed by atoms with Gasteiger partial charge in [-0.1, -0.05) is 29.8 Å². The van der Waals surface area contributed by atoms with Crippen molar-refractivity contribution in [2.75, 3.05) is 0 Å². The maximum atomic E-state index is 12.2. The Bertz CT molecular complexity index is 1030. The Morgan fingerprint density at radius 3 is 2.76 bits per heavy atom. The topological polar surface area (TPSA) is 66.3 Å². The summed E-state index contributed by atoms with van der Waals surface area (Å²) in [5.74, 6) is 0.513. The van der Waals surface area contributed by atoms with Crippen LogP contribution in [-0.4, -0.2) is 19.8 Å². The van der Waals surface area contributed by atoms with Crippen molar-refractivity contribution in [3.05, 3.63) is 74.4 Å². The van der Waals surface area contributed by atoms with Crippen molar-refractivity contribution < 1.29 is 4.74 Å². The molecule has 8 heteroatoms. The third kappa shape index (κ3) is 3.25.